The monoisotopic (exact) mass is 302 g/mol. The second-order valence-electron chi connectivity index (χ2n) is 4.56. The van der Waals surface area contributed by atoms with Gasteiger partial charge in [0.15, 0.2) is 5.11 Å². The molecule has 2 aromatic rings. The van der Waals surface area contributed by atoms with Gasteiger partial charge in [-0.3, -0.25) is 19.0 Å². The van der Waals surface area contributed by atoms with Crippen molar-refractivity contribution in [2.75, 3.05) is 0 Å². The number of para-hydroxylation sites is 2. The third-order valence-corrected chi connectivity index (χ3v) is 3.41. The largest absolute Gasteiger partial charge is 0.302 e. The van der Waals surface area contributed by atoms with Crippen molar-refractivity contribution in [1.29, 1.82) is 0 Å². The first-order chi connectivity index (χ1) is 10.1. The first kappa shape index (κ1) is 13.4. The smallest absolute Gasteiger partial charge is 0.239 e. The number of nitrogens with one attached hydrogen (secondary N) is 2. The average Bonchev–Trinajstić information content (AvgIpc) is 2.86. The SMILES string of the molecule is O=C1NC(=S)NC(=O)C1CC(=O)n1cnc2ccccc21. The molecule has 1 saturated heterocycles. The molecule has 2 N–H and O–H groups in total. The van der Waals surface area contributed by atoms with Crippen molar-refractivity contribution in [1.82, 2.24) is 20.2 Å². The van der Waals surface area contributed by atoms with Gasteiger partial charge >= 0.3 is 0 Å². The number of carbonyl (C=O) groups excluding carboxylic acids is 3. The van der Waals surface area contributed by atoms with Gasteiger partial charge in [0.2, 0.25) is 17.7 Å². The van der Waals surface area contributed by atoms with E-state index in [1.807, 2.05) is 6.07 Å². The number of benzene rings is 1. The molecule has 1 aromatic heterocycles. The lowest BCUT2D eigenvalue weighted by molar-refractivity contribution is -0.135. The van der Waals surface area contributed by atoms with Gasteiger partial charge in [0, 0.05) is 6.42 Å². The molecule has 3 rings (SSSR count). The maximum absolute atomic E-state index is 12.3. The number of imidazole rings is 1. The fourth-order valence-corrected chi connectivity index (χ4v) is 2.37. The lowest BCUT2D eigenvalue weighted by atomic mass is 10.0. The minimum atomic E-state index is -1.09. The first-order valence-corrected chi connectivity index (χ1v) is 6.58. The van der Waals surface area contributed by atoms with Crippen LogP contribution < -0.4 is 10.6 Å². The predicted molar refractivity (Wildman–Crippen MR) is 77.3 cm³/mol. The molecule has 0 saturated carbocycles. The highest BCUT2D eigenvalue weighted by molar-refractivity contribution is 7.80. The number of thiocarbonyl (C=S) groups is 1. The van der Waals surface area contributed by atoms with E-state index in [0.29, 0.717) is 11.0 Å². The third kappa shape index (κ3) is 2.40. The summed E-state index contributed by atoms with van der Waals surface area (Å²) >= 11 is 4.71. The third-order valence-electron chi connectivity index (χ3n) is 3.21. The summed E-state index contributed by atoms with van der Waals surface area (Å²) in [5.41, 5.74) is 1.30. The highest BCUT2D eigenvalue weighted by Crippen LogP contribution is 2.15. The molecule has 2 amide bonds. The summed E-state index contributed by atoms with van der Waals surface area (Å²) in [4.78, 5) is 39.9. The Morgan fingerprint density at radius 1 is 1.24 bits per heavy atom. The Labute approximate surface area is 124 Å². The van der Waals surface area contributed by atoms with E-state index in [0.717, 1.165) is 0 Å². The van der Waals surface area contributed by atoms with Crippen molar-refractivity contribution < 1.29 is 14.4 Å². The van der Waals surface area contributed by atoms with Crippen LogP contribution in [-0.4, -0.2) is 32.4 Å². The van der Waals surface area contributed by atoms with Crippen molar-refractivity contribution in [2.24, 2.45) is 5.92 Å². The van der Waals surface area contributed by atoms with Crippen molar-refractivity contribution in [3.05, 3.63) is 30.6 Å². The quantitative estimate of drug-likeness (QED) is 0.611. The van der Waals surface area contributed by atoms with Crippen LogP contribution in [0.2, 0.25) is 0 Å². The van der Waals surface area contributed by atoms with Crippen LogP contribution in [0.15, 0.2) is 30.6 Å². The van der Waals surface area contributed by atoms with Gasteiger partial charge in [-0.1, -0.05) is 12.1 Å². The maximum atomic E-state index is 12.3. The molecule has 0 aliphatic carbocycles. The minimum absolute atomic E-state index is 0.0400. The molecule has 0 bridgehead atoms. The van der Waals surface area contributed by atoms with Gasteiger partial charge in [-0.2, -0.15) is 0 Å². The number of fused-ring (bicyclic) bond motifs is 1. The number of carbonyl (C=O) groups is 3. The second-order valence-corrected chi connectivity index (χ2v) is 4.97. The molecule has 7 nitrogen and oxygen atoms in total. The molecule has 0 atom stereocenters. The zero-order valence-electron chi connectivity index (χ0n) is 10.7. The Kier molecular flexibility index (Phi) is 3.22. The Bertz CT molecular complexity index is 763. The van der Waals surface area contributed by atoms with E-state index >= 15 is 0 Å². The summed E-state index contributed by atoms with van der Waals surface area (Å²) < 4.78 is 1.34. The molecule has 1 aliphatic rings. The van der Waals surface area contributed by atoms with Crippen LogP contribution in [-0.2, 0) is 9.59 Å². The molecule has 106 valence electrons. The normalized spacial score (nSPS) is 15.9. The minimum Gasteiger partial charge on any atom is -0.302 e. The fourth-order valence-electron chi connectivity index (χ4n) is 2.16. The van der Waals surface area contributed by atoms with E-state index in [1.165, 1.54) is 10.9 Å². The van der Waals surface area contributed by atoms with Crippen LogP contribution in [0.4, 0.5) is 0 Å². The van der Waals surface area contributed by atoms with Gasteiger partial charge in [-0.15, -0.1) is 0 Å². The van der Waals surface area contributed by atoms with Crippen LogP contribution in [0.3, 0.4) is 0 Å². The van der Waals surface area contributed by atoms with Crippen LogP contribution in [0.5, 0.6) is 0 Å². The predicted octanol–water partition coefficient (Wildman–Crippen LogP) is 0.214. The molecule has 0 spiro atoms. The number of nitrogens with zero attached hydrogens (tertiary/aromatic N) is 2. The Balaban J connectivity index is 1.85. The standard InChI is InChI=1S/C13H10N4O3S/c18-10(5-7-11(19)15-13(21)16-12(7)20)17-6-14-8-3-1-2-4-9(8)17/h1-4,6-7H,5H2,(H2,15,16,19,20,21). The van der Waals surface area contributed by atoms with Gasteiger partial charge in [0.25, 0.3) is 0 Å². The number of aromatic nitrogens is 2. The average molecular weight is 302 g/mol. The van der Waals surface area contributed by atoms with E-state index in [9.17, 15) is 14.4 Å². The van der Waals surface area contributed by atoms with Gasteiger partial charge in [-0.05, 0) is 24.4 Å². The van der Waals surface area contributed by atoms with Crippen molar-refractivity contribution in [3.8, 4) is 0 Å². The summed E-state index contributed by atoms with van der Waals surface area (Å²) in [5.74, 6) is -2.61. The van der Waals surface area contributed by atoms with Crippen LogP contribution in [0.25, 0.3) is 11.0 Å². The molecule has 21 heavy (non-hydrogen) atoms. The molecular formula is C13H10N4O3S. The van der Waals surface area contributed by atoms with Crippen LogP contribution >= 0.6 is 12.2 Å². The lowest BCUT2D eigenvalue weighted by Gasteiger charge is -2.21. The van der Waals surface area contributed by atoms with Crippen LogP contribution in [0.1, 0.15) is 11.2 Å². The van der Waals surface area contributed by atoms with Crippen molar-refractivity contribution in [2.45, 2.75) is 6.42 Å². The number of hydrogen-bond acceptors (Lipinski definition) is 5. The van der Waals surface area contributed by atoms with Gasteiger partial charge in [-0.25, -0.2) is 4.98 Å². The highest BCUT2D eigenvalue weighted by Gasteiger charge is 2.34. The molecule has 0 unspecified atom stereocenters. The topological polar surface area (TPSA) is 93.1 Å². The molecule has 0 radical (unpaired) electrons. The van der Waals surface area contributed by atoms with E-state index in [1.54, 1.807) is 18.2 Å². The van der Waals surface area contributed by atoms with Gasteiger partial charge in [0.05, 0.1) is 11.0 Å². The maximum Gasteiger partial charge on any atom is 0.239 e. The summed E-state index contributed by atoms with van der Waals surface area (Å²) in [6, 6.07) is 7.12. The lowest BCUT2D eigenvalue weighted by Crippen LogP contribution is -2.56. The molecule has 1 fully saturated rings. The molecule has 2 heterocycles. The fraction of sp³-hybridized carbons (Fsp3) is 0.154. The summed E-state index contributed by atoms with van der Waals surface area (Å²) in [5, 5.41) is 4.62. The van der Waals surface area contributed by atoms with Crippen molar-refractivity contribution >= 4 is 46.1 Å². The van der Waals surface area contributed by atoms with Gasteiger partial charge in [0.1, 0.15) is 12.2 Å². The number of amides is 2. The number of rotatable bonds is 2. The highest BCUT2D eigenvalue weighted by atomic mass is 32.1. The summed E-state index contributed by atoms with van der Waals surface area (Å²) in [6.45, 7) is 0. The van der Waals surface area contributed by atoms with E-state index < -0.39 is 17.7 Å². The Morgan fingerprint density at radius 2 is 1.90 bits per heavy atom. The summed E-state index contributed by atoms with van der Waals surface area (Å²) in [6.07, 6.45) is 1.14. The van der Waals surface area contributed by atoms with Gasteiger partial charge < -0.3 is 10.6 Å². The molecule has 1 aromatic carbocycles. The number of hydrogen-bond donors (Lipinski definition) is 2. The Hall–Kier alpha value is -2.61. The molecule has 8 heteroatoms. The first-order valence-electron chi connectivity index (χ1n) is 6.17. The zero-order valence-corrected chi connectivity index (χ0v) is 11.5. The summed E-state index contributed by atoms with van der Waals surface area (Å²) in [7, 11) is 0. The molecular weight excluding hydrogens is 292 g/mol. The second kappa shape index (κ2) is 5.06. The van der Waals surface area contributed by atoms with E-state index in [-0.39, 0.29) is 17.4 Å². The van der Waals surface area contributed by atoms with Crippen molar-refractivity contribution in [3.63, 3.8) is 0 Å². The van der Waals surface area contributed by atoms with Crippen LogP contribution in [0, 0.1) is 5.92 Å². The van der Waals surface area contributed by atoms with E-state index in [2.05, 4.69) is 15.6 Å². The molecule has 1 aliphatic heterocycles. The zero-order chi connectivity index (χ0) is 15.0. The Morgan fingerprint density at radius 3 is 2.62 bits per heavy atom. The van der Waals surface area contributed by atoms with E-state index in [4.69, 9.17) is 12.2 Å².